The molecule has 0 saturated carbocycles. The van der Waals surface area contributed by atoms with E-state index < -0.39 is 9.84 Å². The van der Waals surface area contributed by atoms with Crippen molar-refractivity contribution in [3.8, 4) is 11.4 Å². The van der Waals surface area contributed by atoms with Gasteiger partial charge in [-0.25, -0.2) is 8.42 Å². The molecule has 2 N–H and O–H groups in total. The van der Waals surface area contributed by atoms with Crippen LogP contribution >= 0.6 is 0 Å². The van der Waals surface area contributed by atoms with Crippen molar-refractivity contribution in [2.24, 2.45) is 0 Å². The predicted octanol–water partition coefficient (Wildman–Crippen LogP) is 0.480. The largest absolute Gasteiger partial charge is 0.368 e. The number of nitrogens with zero attached hydrogens (tertiary/aromatic N) is 5. The van der Waals surface area contributed by atoms with E-state index in [9.17, 15) is 8.42 Å². The molecule has 108 valence electrons. The summed E-state index contributed by atoms with van der Waals surface area (Å²) in [4.78, 5) is 11.8. The molecule has 3 aromatic rings. The van der Waals surface area contributed by atoms with Gasteiger partial charge < -0.3 is 5.73 Å². The standard InChI is InChI=1S/C12H12N6O2S/c1-7-3-5-8(6-4-7)9-14-11-16-12(21(2,19)20)15-10(13)18(11)17-9/h3-6H,1-2H3,(H2,13,14,15,16,17). The first kappa shape index (κ1) is 13.4. The van der Waals surface area contributed by atoms with Crippen LogP contribution in [-0.2, 0) is 9.84 Å². The van der Waals surface area contributed by atoms with E-state index in [2.05, 4.69) is 20.1 Å². The molecule has 9 heteroatoms. The highest BCUT2D eigenvalue weighted by atomic mass is 32.2. The van der Waals surface area contributed by atoms with Gasteiger partial charge in [0.05, 0.1) is 0 Å². The van der Waals surface area contributed by atoms with Crippen molar-refractivity contribution in [3.63, 3.8) is 0 Å². The molecule has 0 spiro atoms. The van der Waals surface area contributed by atoms with Crippen LogP contribution in [0, 0.1) is 6.92 Å². The van der Waals surface area contributed by atoms with Crippen LogP contribution in [0.25, 0.3) is 17.2 Å². The monoisotopic (exact) mass is 304 g/mol. The van der Waals surface area contributed by atoms with Crippen LogP contribution in [0.3, 0.4) is 0 Å². The lowest BCUT2D eigenvalue weighted by Gasteiger charge is -1.99. The molecule has 0 aliphatic rings. The topological polar surface area (TPSA) is 116 Å². The number of sulfone groups is 1. The van der Waals surface area contributed by atoms with Gasteiger partial charge in [-0.1, -0.05) is 29.8 Å². The molecular weight excluding hydrogens is 292 g/mol. The van der Waals surface area contributed by atoms with Crippen LogP contribution in [0.1, 0.15) is 5.56 Å². The minimum Gasteiger partial charge on any atom is -0.368 e. The van der Waals surface area contributed by atoms with Gasteiger partial charge in [-0.2, -0.15) is 19.5 Å². The Bertz CT molecular complexity index is 930. The van der Waals surface area contributed by atoms with Crippen LogP contribution < -0.4 is 5.73 Å². The van der Waals surface area contributed by atoms with E-state index in [4.69, 9.17) is 5.73 Å². The number of nitrogen functional groups attached to an aromatic ring is 1. The summed E-state index contributed by atoms with van der Waals surface area (Å²) >= 11 is 0. The molecule has 2 aromatic heterocycles. The molecule has 0 saturated heterocycles. The first-order chi connectivity index (χ1) is 9.84. The molecule has 1 aromatic carbocycles. The Kier molecular flexibility index (Phi) is 2.87. The number of rotatable bonds is 2. The Labute approximate surface area is 120 Å². The van der Waals surface area contributed by atoms with Crippen molar-refractivity contribution in [2.75, 3.05) is 12.0 Å². The number of fused-ring (bicyclic) bond motifs is 1. The number of anilines is 1. The molecule has 8 nitrogen and oxygen atoms in total. The second kappa shape index (κ2) is 4.48. The Morgan fingerprint density at radius 3 is 2.38 bits per heavy atom. The van der Waals surface area contributed by atoms with E-state index in [-0.39, 0.29) is 16.9 Å². The third-order valence-electron chi connectivity index (χ3n) is 2.85. The summed E-state index contributed by atoms with van der Waals surface area (Å²) in [6, 6.07) is 7.59. The van der Waals surface area contributed by atoms with E-state index in [1.165, 1.54) is 4.52 Å². The first-order valence-corrected chi connectivity index (χ1v) is 7.91. The molecule has 0 unspecified atom stereocenters. The molecule has 0 aliphatic carbocycles. The smallest absolute Gasteiger partial charge is 0.258 e. The molecule has 0 bridgehead atoms. The highest BCUT2D eigenvalue weighted by Crippen LogP contribution is 2.17. The van der Waals surface area contributed by atoms with E-state index in [0.717, 1.165) is 17.4 Å². The van der Waals surface area contributed by atoms with E-state index in [0.29, 0.717) is 5.82 Å². The summed E-state index contributed by atoms with van der Waals surface area (Å²) < 4.78 is 24.2. The van der Waals surface area contributed by atoms with Crippen molar-refractivity contribution in [1.82, 2.24) is 24.6 Å². The van der Waals surface area contributed by atoms with Crippen LogP contribution in [0.5, 0.6) is 0 Å². The highest BCUT2D eigenvalue weighted by Gasteiger charge is 2.17. The molecule has 21 heavy (non-hydrogen) atoms. The zero-order valence-electron chi connectivity index (χ0n) is 11.3. The number of hydrogen-bond donors (Lipinski definition) is 1. The SMILES string of the molecule is Cc1ccc(-c2nc3nc(S(C)(=O)=O)nc(N)n3n2)cc1. The Hall–Kier alpha value is -2.55. The number of hydrogen-bond acceptors (Lipinski definition) is 7. The van der Waals surface area contributed by atoms with Gasteiger partial charge in [-0.3, -0.25) is 0 Å². The second-order valence-corrected chi connectivity index (χ2v) is 6.56. The lowest BCUT2D eigenvalue weighted by molar-refractivity contribution is 0.592. The predicted molar refractivity (Wildman–Crippen MR) is 76.3 cm³/mol. The van der Waals surface area contributed by atoms with Crippen LogP contribution in [0.15, 0.2) is 29.4 Å². The van der Waals surface area contributed by atoms with Gasteiger partial charge in [0.15, 0.2) is 5.82 Å². The summed E-state index contributed by atoms with van der Waals surface area (Å²) in [5.41, 5.74) is 7.61. The fraction of sp³-hybridized carbons (Fsp3) is 0.167. The van der Waals surface area contributed by atoms with Crippen LogP contribution in [0.4, 0.5) is 5.95 Å². The van der Waals surface area contributed by atoms with Crippen molar-refractivity contribution in [1.29, 1.82) is 0 Å². The lowest BCUT2D eigenvalue weighted by atomic mass is 10.1. The molecule has 0 amide bonds. The number of nitrogens with two attached hydrogens (primary N) is 1. The van der Waals surface area contributed by atoms with Gasteiger partial charge in [0, 0.05) is 11.8 Å². The van der Waals surface area contributed by atoms with Crippen LogP contribution in [-0.4, -0.2) is 39.2 Å². The molecular formula is C12H12N6O2S. The summed E-state index contributed by atoms with van der Waals surface area (Å²) in [6.07, 6.45) is 1.01. The molecule has 0 radical (unpaired) electrons. The zero-order valence-corrected chi connectivity index (χ0v) is 12.2. The zero-order chi connectivity index (χ0) is 15.2. The Balaban J connectivity index is 2.20. The van der Waals surface area contributed by atoms with Crippen molar-refractivity contribution >= 4 is 21.6 Å². The number of aryl methyl sites for hydroxylation is 1. The maximum atomic E-state index is 11.5. The van der Waals surface area contributed by atoms with Gasteiger partial charge in [0.25, 0.3) is 10.9 Å². The maximum Gasteiger partial charge on any atom is 0.258 e. The van der Waals surface area contributed by atoms with Gasteiger partial charge in [-0.15, -0.1) is 5.10 Å². The summed E-state index contributed by atoms with van der Waals surface area (Å²) in [7, 11) is -3.56. The normalized spacial score (nSPS) is 11.9. The van der Waals surface area contributed by atoms with Crippen molar-refractivity contribution in [3.05, 3.63) is 29.8 Å². The number of benzene rings is 1. The van der Waals surface area contributed by atoms with Gasteiger partial charge in [0.1, 0.15) is 0 Å². The van der Waals surface area contributed by atoms with E-state index in [1.54, 1.807) is 0 Å². The second-order valence-electron chi connectivity index (χ2n) is 4.65. The molecule has 2 heterocycles. The maximum absolute atomic E-state index is 11.5. The van der Waals surface area contributed by atoms with Gasteiger partial charge in [0.2, 0.25) is 15.8 Å². The van der Waals surface area contributed by atoms with Crippen molar-refractivity contribution < 1.29 is 8.42 Å². The van der Waals surface area contributed by atoms with Gasteiger partial charge in [-0.05, 0) is 6.92 Å². The molecule has 3 rings (SSSR count). The van der Waals surface area contributed by atoms with Crippen molar-refractivity contribution in [2.45, 2.75) is 12.1 Å². The summed E-state index contributed by atoms with van der Waals surface area (Å²) in [5.74, 6) is 0.423. The van der Waals surface area contributed by atoms with E-state index >= 15 is 0 Å². The first-order valence-electron chi connectivity index (χ1n) is 6.02. The molecule has 0 aliphatic heterocycles. The number of aromatic nitrogens is 5. The minimum atomic E-state index is -3.56. The van der Waals surface area contributed by atoms with Gasteiger partial charge >= 0.3 is 0 Å². The summed E-state index contributed by atoms with van der Waals surface area (Å²) in [5, 5.41) is 3.83. The minimum absolute atomic E-state index is 0.0775. The quantitative estimate of drug-likeness (QED) is 0.731. The average Bonchev–Trinajstić information content (AvgIpc) is 2.83. The fourth-order valence-electron chi connectivity index (χ4n) is 1.78. The Morgan fingerprint density at radius 2 is 1.76 bits per heavy atom. The van der Waals surface area contributed by atoms with Crippen LogP contribution in [0.2, 0.25) is 0 Å². The van der Waals surface area contributed by atoms with E-state index in [1.807, 2.05) is 31.2 Å². The molecule has 0 atom stereocenters. The molecule has 0 fully saturated rings. The Morgan fingerprint density at radius 1 is 1.10 bits per heavy atom. The third kappa shape index (κ3) is 2.42. The highest BCUT2D eigenvalue weighted by molar-refractivity contribution is 7.90. The average molecular weight is 304 g/mol. The fourth-order valence-corrected chi connectivity index (χ4v) is 2.28. The lowest BCUT2D eigenvalue weighted by Crippen LogP contribution is -2.11. The third-order valence-corrected chi connectivity index (χ3v) is 3.70. The summed E-state index contributed by atoms with van der Waals surface area (Å²) in [6.45, 7) is 1.97.